The van der Waals surface area contributed by atoms with Crippen LogP contribution < -0.4 is 0 Å². The first-order valence-electron chi connectivity index (χ1n) is 3.24. The fourth-order valence-electron chi connectivity index (χ4n) is 0.294. The highest BCUT2D eigenvalue weighted by atomic mass is 33.2. The Kier molecular flexibility index (Phi) is 9.74. The van der Waals surface area contributed by atoms with E-state index in [1.165, 1.54) is 12.2 Å². The van der Waals surface area contributed by atoms with E-state index in [2.05, 4.69) is 13.8 Å². The summed E-state index contributed by atoms with van der Waals surface area (Å²) in [7, 11) is 3.65. The minimum absolute atomic E-state index is 0.229. The molecular formula is C5H14OS2Si. The van der Waals surface area contributed by atoms with Crippen LogP contribution in [0.1, 0.15) is 20.3 Å². The first-order chi connectivity index (χ1) is 4.41. The summed E-state index contributed by atoms with van der Waals surface area (Å²) in [5.74, 6) is 1.27. The highest BCUT2D eigenvalue weighted by Gasteiger charge is 1.87. The van der Waals surface area contributed by atoms with E-state index in [4.69, 9.17) is 4.43 Å². The van der Waals surface area contributed by atoms with E-state index < -0.39 is 0 Å². The lowest BCUT2D eigenvalue weighted by Gasteiger charge is -1.97. The van der Waals surface area contributed by atoms with E-state index >= 15 is 0 Å². The Morgan fingerprint density at radius 1 is 1.44 bits per heavy atom. The molecule has 0 aromatic carbocycles. The van der Waals surface area contributed by atoms with Gasteiger partial charge >= 0.3 is 0 Å². The van der Waals surface area contributed by atoms with Crippen molar-refractivity contribution in [2.75, 3.05) is 12.4 Å². The van der Waals surface area contributed by atoms with Gasteiger partial charge in [-0.15, -0.1) is 0 Å². The molecule has 0 bridgehead atoms. The third kappa shape index (κ3) is 8.88. The zero-order valence-corrected chi connectivity index (χ0v) is 9.10. The van der Waals surface area contributed by atoms with Crippen LogP contribution in [-0.2, 0) is 4.43 Å². The van der Waals surface area contributed by atoms with Crippen LogP contribution in [0.5, 0.6) is 0 Å². The summed E-state index contributed by atoms with van der Waals surface area (Å²) >= 11 is 0. The Labute approximate surface area is 67.3 Å². The average molecular weight is 182 g/mol. The summed E-state index contributed by atoms with van der Waals surface area (Å²) in [5, 5.41) is 0. The monoisotopic (exact) mass is 182 g/mol. The van der Waals surface area contributed by atoms with Crippen molar-refractivity contribution in [3.8, 4) is 0 Å². The molecule has 0 aromatic rings. The number of hydrogen-bond donors (Lipinski definition) is 0. The molecule has 1 nitrogen and oxygen atoms in total. The van der Waals surface area contributed by atoms with Gasteiger partial charge < -0.3 is 4.43 Å². The third-order valence-corrected chi connectivity index (χ3v) is 6.27. The summed E-state index contributed by atoms with van der Waals surface area (Å²) in [6, 6.07) is 0. The largest absolute Gasteiger partial charge is 0.412 e. The van der Waals surface area contributed by atoms with Gasteiger partial charge in [0.05, 0.1) is 0 Å². The van der Waals surface area contributed by atoms with Crippen LogP contribution in [0.4, 0.5) is 0 Å². The van der Waals surface area contributed by atoms with E-state index in [-0.39, 0.29) is 8.91 Å². The molecule has 56 valence electrons. The zero-order chi connectivity index (χ0) is 6.95. The molecule has 0 saturated carbocycles. The van der Waals surface area contributed by atoms with Gasteiger partial charge in [0.1, 0.15) is 0 Å². The van der Waals surface area contributed by atoms with Crippen molar-refractivity contribution in [2.24, 2.45) is 0 Å². The van der Waals surface area contributed by atoms with Gasteiger partial charge in [-0.2, -0.15) is 0 Å². The van der Waals surface area contributed by atoms with Crippen molar-refractivity contribution in [3.05, 3.63) is 0 Å². The maximum Gasteiger partial charge on any atom is 0.233 e. The second kappa shape index (κ2) is 8.88. The van der Waals surface area contributed by atoms with Crippen LogP contribution in [-0.4, -0.2) is 21.3 Å². The molecule has 9 heavy (non-hydrogen) atoms. The molecule has 0 heterocycles. The van der Waals surface area contributed by atoms with Crippen LogP contribution in [0.25, 0.3) is 0 Å². The fourth-order valence-corrected chi connectivity index (χ4v) is 4.93. The Morgan fingerprint density at radius 2 is 2.22 bits per heavy atom. The van der Waals surface area contributed by atoms with Crippen LogP contribution in [0.15, 0.2) is 0 Å². The maximum absolute atomic E-state index is 5.26. The first kappa shape index (κ1) is 9.88. The normalized spacial score (nSPS) is 11.3. The summed E-state index contributed by atoms with van der Waals surface area (Å²) < 4.78 is 5.26. The van der Waals surface area contributed by atoms with Crippen molar-refractivity contribution in [2.45, 2.75) is 20.3 Å². The van der Waals surface area contributed by atoms with Gasteiger partial charge in [0, 0.05) is 12.4 Å². The lowest BCUT2D eigenvalue weighted by atomic mass is 10.6. The third-order valence-electron chi connectivity index (χ3n) is 0.706. The molecule has 0 amide bonds. The molecule has 0 N–H and O–H groups in total. The van der Waals surface area contributed by atoms with E-state index in [9.17, 15) is 0 Å². The van der Waals surface area contributed by atoms with Crippen LogP contribution in [0.3, 0.4) is 0 Å². The summed E-state index contributed by atoms with van der Waals surface area (Å²) in [6.45, 7) is 5.15. The Hall–Kier alpha value is 0.877. The molecular weight excluding hydrogens is 168 g/mol. The molecule has 0 aliphatic carbocycles. The Bertz CT molecular complexity index is 48.2. The quantitative estimate of drug-likeness (QED) is 0.352. The zero-order valence-electron chi connectivity index (χ0n) is 6.05. The maximum atomic E-state index is 5.26. The average Bonchev–Trinajstić information content (AvgIpc) is 1.89. The molecule has 4 heteroatoms. The second-order valence-electron chi connectivity index (χ2n) is 1.55. The molecule has 0 aromatic heterocycles. The highest BCUT2D eigenvalue weighted by Crippen LogP contribution is 2.19. The molecule has 0 atom stereocenters. The smallest absolute Gasteiger partial charge is 0.233 e. The lowest BCUT2D eigenvalue weighted by Crippen LogP contribution is -1.90. The van der Waals surface area contributed by atoms with Gasteiger partial charge in [-0.1, -0.05) is 28.0 Å². The summed E-state index contributed by atoms with van der Waals surface area (Å²) in [6.07, 6.45) is 1.28. The molecule has 0 rings (SSSR count). The van der Waals surface area contributed by atoms with Crippen LogP contribution >= 0.6 is 21.0 Å². The first-order valence-corrected chi connectivity index (χ1v) is 8.03. The van der Waals surface area contributed by atoms with Crippen LogP contribution in [0, 0.1) is 0 Å². The van der Waals surface area contributed by atoms with Crippen molar-refractivity contribution in [1.82, 2.24) is 0 Å². The van der Waals surface area contributed by atoms with Gasteiger partial charge in [-0.05, 0) is 13.3 Å². The SMILES string of the molecule is CCCSS[SiH2]OCC. The van der Waals surface area contributed by atoms with E-state index in [0.29, 0.717) is 0 Å². The standard InChI is InChI=1S/C5H14OS2Si/c1-3-5-7-8-9-6-4-2/h3-5,9H2,1-2H3. The molecule has 0 spiro atoms. The van der Waals surface area contributed by atoms with Crippen molar-refractivity contribution < 1.29 is 4.43 Å². The second-order valence-corrected chi connectivity index (χ2v) is 7.32. The predicted octanol–water partition coefficient (Wildman–Crippen LogP) is 1.81. The topological polar surface area (TPSA) is 9.23 Å². The molecule has 0 saturated heterocycles. The van der Waals surface area contributed by atoms with Crippen LogP contribution in [0.2, 0.25) is 0 Å². The highest BCUT2D eigenvalue weighted by molar-refractivity contribution is 8.85. The lowest BCUT2D eigenvalue weighted by molar-refractivity contribution is 0.372. The van der Waals surface area contributed by atoms with Gasteiger partial charge in [0.2, 0.25) is 8.91 Å². The van der Waals surface area contributed by atoms with Gasteiger partial charge in [0.25, 0.3) is 0 Å². The molecule has 0 radical (unpaired) electrons. The summed E-state index contributed by atoms with van der Waals surface area (Å²) in [5.41, 5.74) is 0. The van der Waals surface area contributed by atoms with Crippen molar-refractivity contribution >= 4 is 29.9 Å². The molecule has 0 aliphatic rings. The Balaban J connectivity index is 2.60. The van der Waals surface area contributed by atoms with E-state index in [1.54, 1.807) is 0 Å². The number of rotatable bonds is 6. The van der Waals surface area contributed by atoms with Gasteiger partial charge in [-0.3, -0.25) is 0 Å². The predicted molar refractivity (Wildman–Crippen MR) is 50.5 cm³/mol. The molecule has 0 unspecified atom stereocenters. The van der Waals surface area contributed by atoms with Gasteiger partial charge in [0.15, 0.2) is 0 Å². The Morgan fingerprint density at radius 3 is 2.78 bits per heavy atom. The molecule has 0 fully saturated rings. The fraction of sp³-hybridized carbons (Fsp3) is 1.00. The van der Waals surface area contributed by atoms with E-state index in [0.717, 1.165) is 6.61 Å². The van der Waals surface area contributed by atoms with Crippen molar-refractivity contribution in [1.29, 1.82) is 0 Å². The van der Waals surface area contributed by atoms with Crippen molar-refractivity contribution in [3.63, 3.8) is 0 Å². The minimum atomic E-state index is -0.229. The van der Waals surface area contributed by atoms with E-state index in [1.807, 2.05) is 21.0 Å². The van der Waals surface area contributed by atoms with Gasteiger partial charge in [-0.25, -0.2) is 0 Å². The summed E-state index contributed by atoms with van der Waals surface area (Å²) in [4.78, 5) is 0. The molecule has 0 aliphatic heterocycles. The number of hydrogen-bond acceptors (Lipinski definition) is 3. The minimum Gasteiger partial charge on any atom is -0.412 e.